The lowest BCUT2D eigenvalue weighted by atomic mass is 10.2. The summed E-state index contributed by atoms with van der Waals surface area (Å²) < 4.78 is 5.07. The third-order valence-electron chi connectivity index (χ3n) is 4.66. The molecule has 0 aliphatic heterocycles. The maximum absolute atomic E-state index is 12.8. The Morgan fingerprint density at radius 2 is 1.82 bits per heavy atom. The Morgan fingerprint density at radius 3 is 2.53 bits per heavy atom. The quantitative estimate of drug-likeness (QED) is 0.417. The predicted octanol–water partition coefficient (Wildman–Crippen LogP) is 2.78. The molecule has 0 unspecified atom stereocenters. The van der Waals surface area contributed by atoms with Crippen LogP contribution in [0.15, 0.2) is 54.2 Å². The molecular formula is C23H24ClN5O4S. The van der Waals surface area contributed by atoms with Crippen molar-refractivity contribution in [2.24, 2.45) is 0 Å². The van der Waals surface area contributed by atoms with Gasteiger partial charge in [0.1, 0.15) is 6.54 Å². The second-order valence-electron chi connectivity index (χ2n) is 7.23. The van der Waals surface area contributed by atoms with Crippen LogP contribution in [-0.2, 0) is 27.3 Å². The summed E-state index contributed by atoms with van der Waals surface area (Å²) in [5, 5.41) is 8.09. The first kappa shape index (κ1) is 25.3. The topological polar surface area (TPSA) is 114 Å². The summed E-state index contributed by atoms with van der Waals surface area (Å²) in [6.45, 7) is 0.745. The molecule has 0 radical (unpaired) electrons. The van der Waals surface area contributed by atoms with Crippen LogP contribution >= 0.6 is 22.9 Å². The van der Waals surface area contributed by atoms with Crippen LogP contribution in [0.1, 0.15) is 21.6 Å². The second kappa shape index (κ2) is 12.8. The monoisotopic (exact) mass is 501 g/mol. The zero-order valence-corrected chi connectivity index (χ0v) is 20.1. The summed E-state index contributed by atoms with van der Waals surface area (Å²) in [6.07, 6.45) is 3.42. The molecule has 1 aromatic carbocycles. The second-order valence-corrected chi connectivity index (χ2v) is 8.52. The number of carbonyl (C=O) groups excluding carboxylic acids is 3. The summed E-state index contributed by atoms with van der Waals surface area (Å²) in [6, 6.07) is 10.1. The normalized spacial score (nSPS) is 10.5. The molecule has 0 aliphatic rings. The van der Waals surface area contributed by atoms with E-state index < -0.39 is 5.91 Å². The Morgan fingerprint density at radius 1 is 1.09 bits per heavy atom. The standard InChI is InChI=1S/C23H24ClN5O4S/c1-33-11-10-29(22(32)17-2-4-18(24)5-3-17)14-21(31)28-23-27-19(15-34-23)12-20(30)26-13-16-6-8-25-9-7-16/h2-9,15H,10-14H2,1H3,(H,26,30)(H,27,28,31). The van der Waals surface area contributed by atoms with Crippen molar-refractivity contribution in [3.05, 3.63) is 76.0 Å². The van der Waals surface area contributed by atoms with Gasteiger partial charge in [-0.2, -0.15) is 0 Å². The molecule has 0 saturated carbocycles. The maximum Gasteiger partial charge on any atom is 0.254 e. The van der Waals surface area contributed by atoms with Crippen molar-refractivity contribution in [3.8, 4) is 0 Å². The summed E-state index contributed by atoms with van der Waals surface area (Å²) in [7, 11) is 1.52. The van der Waals surface area contributed by atoms with E-state index in [1.54, 1.807) is 42.0 Å². The smallest absolute Gasteiger partial charge is 0.254 e. The number of hydrogen-bond acceptors (Lipinski definition) is 7. The highest BCUT2D eigenvalue weighted by Crippen LogP contribution is 2.16. The average molecular weight is 502 g/mol. The van der Waals surface area contributed by atoms with Gasteiger partial charge in [0, 0.05) is 48.6 Å². The largest absolute Gasteiger partial charge is 0.383 e. The van der Waals surface area contributed by atoms with Gasteiger partial charge in [0.25, 0.3) is 5.91 Å². The molecule has 0 atom stereocenters. The molecule has 11 heteroatoms. The van der Waals surface area contributed by atoms with Gasteiger partial charge < -0.3 is 20.3 Å². The summed E-state index contributed by atoms with van der Waals surface area (Å²) in [5.41, 5.74) is 1.91. The van der Waals surface area contributed by atoms with E-state index in [1.165, 1.54) is 23.3 Å². The predicted molar refractivity (Wildman–Crippen MR) is 130 cm³/mol. The number of pyridine rings is 1. The molecule has 2 aromatic heterocycles. The average Bonchev–Trinajstić information content (AvgIpc) is 3.27. The van der Waals surface area contributed by atoms with Gasteiger partial charge in [-0.1, -0.05) is 11.6 Å². The number of aromatic nitrogens is 2. The summed E-state index contributed by atoms with van der Waals surface area (Å²) in [4.78, 5) is 47.2. The fourth-order valence-corrected chi connectivity index (χ4v) is 3.79. The Hall–Kier alpha value is -3.34. The number of amides is 3. The van der Waals surface area contributed by atoms with Crippen LogP contribution in [0.5, 0.6) is 0 Å². The van der Waals surface area contributed by atoms with Crippen LogP contribution in [0.2, 0.25) is 5.02 Å². The first-order valence-corrected chi connectivity index (χ1v) is 11.6. The van der Waals surface area contributed by atoms with Crippen molar-refractivity contribution < 1.29 is 19.1 Å². The van der Waals surface area contributed by atoms with Crippen LogP contribution in [0.3, 0.4) is 0 Å². The van der Waals surface area contributed by atoms with Crippen molar-refractivity contribution in [3.63, 3.8) is 0 Å². The Labute approximate surface area is 206 Å². The van der Waals surface area contributed by atoms with E-state index in [0.29, 0.717) is 28.0 Å². The van der Waals surface area contributed by atoms with E-state index >= 15 is 0 Å². The molecule has 2 N–H and O–H groups in total. The van der Waals surface area contributed by atoms with Crippen molar-refractivity contribution in [1.82, 2.24) is 20.2 Å². The molecule has 3 rings (SSSR count). The van der Waals surface area contributed by atoms with Crippen molar-refractivity contribution in [2.75, 3.05) is 32.1 Å². The first-order valence-electron chi connectivity index (χ1n) is 10.4. The minimum absolute atomic E-state index is 0.0898. The van der Waals surface area contributed by atoms with E-state index in [1.807, 2.05) is 12.1 Å². The lowest BCUT2D eigenvalue weighted by Gasteiger charge is -2.21. The van der Waals surface area contributed by atoms with E-state index in [9.17, 15) is 14.4 Å². The SMILES string of the molecule is COCCN(CC(=O)Nc1nc(CC(=O)NCc2ccncc2)cs1)C(=O)c1ccc(Cl)cc1. The number of halogens is 1. The zero-order valence-electron chi connectivity index (χ0n) is 18.5. The van der Waals surface area contributed by atoms with Gasteiger partial charge >= 0.3 is 0 Å². The molecule has 34 heavy (non-hydrogen) atoms. The highest BCUT2D eigenvalue weighted by molar-refractivity contribution is 7.13. The Balaban J connectivity index is 1.53. The molecule has 0 spiro atoms. The van der Waals surface area contributed by atoms with Gasteiger partial charge in [-0.3, -0.25) is 19.4 Å². The number of rotatable bonds is 11. The maximum atomic E-state index is 12.8. The molecule has 9 nitrogen and oxygen atoms in total. The molecule has 0 aliphatic carbocycles. The number of nitrogens with zero attached hydrogens (tertiary/aromatic N) is 3. The lowest BCUT2D eigenvalue weighted by molar-refractivity contribution is -0.120. The molecule has 2 heterocycles. The third-order valence-corrected chi connectivity index (χ3v) is 5.72. The number of anilines is 1. The molecule has 0 bridgehead atoms. The van der Waals surface area contributed by atoms with Gasteiger partial charge in [0.05, 0.1) is 18.7 Å². The minimum Gasteiger partial charge on any atom is -0.383 e. The van der Waals surface area contributed by atoms with Crippen LogP contribution in [0.25, 0.3) is 0 Å². The fraction of sp³-hybridized carbons (Fsp3) is 0.261. The van der Waals surface area contributed by atoms with Crippen LogP contribution in [-0.4, -0.2) is 59.4 Å². The number of methoxy groups -OCH3 is 1. The Bertz CT molecular complexity index is 1110. The highest BCUT2D eigenvalue weighted by atomic mass is 35.5. The number of hydrogen-bond donors (Lipinski definition) is 2. The van der Waals surface area contributed by atoms with Crippen LogP contribution < -0.4 is 10.6 Å². The van der Waals surface area contributed by atoms with Gasteiger partial charge in [-0.05, 0) is 42.0 Å². The molecule has 0 saturated heterocycles. The molecular weight excluding hydrogens is 478 g/mol. The molecule has 3 aromatic rings. The van der Waals surface area contributed by atoms with E-state index in [2.05, 4.69) is 20.6 Å². The van der Waals surface area contributed by atoms with Gasteiger partial charge in [0.2, 0.25) is 11.8 Å². The number of ether oxygens (including phenoxy) is 1. The fourth-order valence-electron chi connectivity index (χ4n) is 2.93. The summed E-state index contributed by atoms with van der Waals surface area (Å²) in [5.74, 6) is -0.893. The molecule has 0 fully saturated rings. The van der Waals surface area contributed by atoms with Crippen LogP contribution in [0, 0.1) is 0 Å². The van der Waals surface area contributed by atoms with E-state index in [0.717, 1.165) is 5.56 Å². The van der Waals surface area contributed by atoms with Crippen molar-refractivity contribution >= 4 is 45.8 Å². The van der Waals surface area contributed by atoms with Gasteiger partial charge in [0.15, 0.2) is 5.13 Å². The van der Waals surface area contributed by atoms with Crippen LogP contribution in [0.4, 0.5) is 5.13 Å². The lowest BCUT2D eigenvalue weighted by Crippen LogP contribution is -2.40. The first-order chi connectivity index (χ1) is 16.4. The van der Waals surface area contributed by atoms with E-state index in [-0.39, 0.29) is 37.9 Å². The number of thiazole rings is 1. The molecule has 3 amide bonds. The van der Waals surface area contributed by atoms with Crippen molar-refractivity contribution in [2.45, 2.75) is 13.0 Å². The number of carbonyl (C=O) groups is 3. The third kappa shape index (κ3) is 7.91. The highest BCUT2D eigenvalue weighted by Gasteiger charge is 2.19. The van der Waals surface area contributed by atoms with E-state index in [4.69, 9.17) is 16.3 Å². The Kier molecular flexibility index (Phi) is 9.51. The van der Waals surface area contributed by atoms with Gasteiger partial charge in [-0.15, -0.1) is 11.3 Å². The van der Waals surface area contributed by atoms with Crippen molar-refractivity contribution in [1.29, 1.82) is 0 Å². The summed E-state index contributed by atoms with van der Waals surface area (Å²) >= 11 is 7.10. The molecule has 178 valence electrons. The number of benzene rings is 1. The van der Waals surface area contributed by atoms with Gasteiger partial charge in [-0.25, -0.2) is 4.98 Å². The minimum atomic E-state index is -0.401. The zero-order chi connectivity index (χ0) is 24.3. The number of nitrogens with one attached hydrogen (secondary N) is 2.